The zero-order chi connectivity index (χ0) is 14.7. The van der Waals surface area contributed by atoms with Crippen molar-refractivity contribution < 1.29 is 5.11 Å². The number of benzene rings is 1. The molecular formula is C15H19BrN4O. The third-order valence-corrected chi connectivity index (χ3v) is 4.59. The van der Waals surface area contributed by atoms with Gasteiger partial charge in [-0.1, -0.05) is 12.1 Å². The second-order valence-electron chi connectivity index (χ2n) is 5.33. The summed E-state index contributed by atoms with van der Waals surface area (Å²) in [4.78, 5) is 13.2. The second kappa shape index (κ2) is 6.58. The van der Waals surface area contributed by atoms with E-state index in [2.05, 4.69) is 35.7 Å². The molecule has 0 saturated carbocycles. The van der Waals surface area contributed by atoms with Crippen LogP contribution in [0, 0.1) is 0 Å². The summed E-state index contributed by atoms with van der Waals surface area (Å²) in [6.45, 7) is 5.59. The maximum Gasteiger partial charge on any atom is 0.134 e. The fourth-order valence-electron chi connectivity index (χ4n) is 2.73. The smallest absolute Gasteiger partial charge is 0.134 e. The van der Waals surface area contributed by atoms with E-state index in [1.54, 1.807) is 6.34 Å². The Balaban J connectivity index is 1.57. The Morgan fingerprint density at radius 2 is 2.00 bits per heavy atom. The van der Waals surface area contributed by atoms with E-state index in [-0.39, 0.29) is 0 Å². The first-order valence-electron chi connectivity index (χ1n) is 7.22. The van der Waals surface area contributed by atoms with Crippen molar-refractivity contribution in [1.29, 1.82) is 0 Å². The molecule has 2 aliphatic heterocycles. The van der Waals surface area contributed by atoms with Crippen LogP contribution in [0.2, 0.25) is 0 Å². The second-order valence-corrected chi connectivity index (χ2v) is 6.18. The number of phenolic OH excluding ortho intramolecular Hbond substituents is 1. The van der Waals surface area contributed by atoms with Gasteiger partial charge in [0, 0.05) is 51.3 Å². The summed E-state index contributed by atoms with van der Waals surface area (Å²) >= 11 is 3.37. The lowest BCUT2D eigenvalue weighted by atomic mass is 10.1. The van der Waals surface area contributed by atoms with Gasteiger partial charge in [-0.15, -0.1) is 0 Å². The first kappa shape index (κ1) is 14.5. The number of piperazine rings is 1. The molecule has 0 aromatic heterocycles. The summed E-state index contributed by atoms with van der Waals surface area (Å²) in [6.07, 6.45) is 2.62. The van der Waals surface area contributed by atoms with Crippen molar-refractivity contribution >= 4 is 28.1 Å². The third kappa shape index (κ3) is 3.44. The van der Waals surface area contributed by atoms with Gasteiger partial charge in [0.25, 0.3) is 0 Å². The topological polar surface area (TPSA) is 51.4 Å². The largest absolute Gasteiger partial charge is 0.506 e. The molecule has 0 unspecified atom stereocenters. The Hall–Kier alpha value is -1.40. The van der Waals surface area contributed by atoms with Gasteiger partial charge in [0.2, 0.25) is 0 Å². The molecule has 2 aliphatic rings. The molecule has 1 N–H and O–H groups in total. The number of para-hydroxylation sites is 1. The van der Waals surface area contributed by atoms with E-state index < -0.39 is 0 Å². The third-order valence-electron chi connectivity index (χ3n) is 3.95. The summed E-state index contributed by atoms with van der Waals surface area (Å²) in [5.74, 6) is 1.52. The van der Waals surface area contributed by atoms with Crippen LogP contribution in [0.1, 0.15) is 12.0 Å². The minimum atomic E-state index is 0.354. The lowest BCUT2D eigenvalue weighted by Crippen LogP contribution is -2.48. The fourth-order valence-corrected chi connectivity index (χ4v) is 3.13. The Morgan fingerprint density at radius 1 is 1.19 bits per heavy atom. The van der Waals surface area contributed by atoms with Crippen LogP contribution < -0.4 is 0 Å². The first-order chi connectivity index (χ1) is 10.2. The molecule has 21 heavy (non-hydrogen) atoms. The van der Waals surface area contributed by atoms with E-state index in [9.17, 15) is 5.11 Å². The van der Waals surface area contributed by atoms with E-state index in [4.69, 9.17) is 0 Å². The van der Waals surface area contributed by atoms with Crippen LogP contribution in [0.4, 0.5) is 0 Å². The molecule has 1 fully saturated rings. The van der Waals surface area contributed by atoms with Gasteiger partial charge in [-0.05, 0) is 22.0 Å². The SMILES string of the molecule is Oc1c(Br)cccc1CN1CCN(C2=NC=NCC2)CC1. The van der Waals surface area contributed by atoms with Gasteiger partial charge in [0.1, 0.15) is 17.9 Å². The van der Waals surface area contributed by atoms with Crippen molar-refractivity contribution in [3.8, 4) is 5.75 Å². The minimum absolute atomic E-state index is 0.354. The van der Waals surface area contributed by atoms with Crippen molar-refractivity contribution in [2.24, 2.45) is 9.98 Å². The minimum Gasteiger partial charge on any atom is -0.506 e. The summed E-state index contributed by atoms with van der Waals surface area (Å²) < 4.78 is 0.759. The van der Waals surface area contributed by atoms with Crippen LogP contribution in [0.5, 0.6) is 5.75 Å². The van der Waals surface area contributed by atoms with Crippen LogP contribution >= 0.6 is 15.9 Å². The van der Waals surface area contributed by atoms with Gasteiger partial charge in [-0.25, -0.2) is 4.99 Å². The van der Waals surface area contributed by atoms with Crippen molar-refractivity contribution in [2.75, 3.05) is 32.7 Å². The standard InChI is InChI=1S/C15H19BrN4O/c16-13-3-1-2-12(15(13)21)10-19-6-8-20(9-7-19)14-4-5-17-11-18-14/h1-3,11,21H,4-10H2. The van der Waals surface area contributed by atoms with Gasteiger partial charge in [-0.3, -0.25) is 9.89 Å². The molecule has 2 heterocycles. The molecular weight excluding hydrogens is 332 g/mol. The summed E-state index contributed by atoms with van der Waals surface area (Å²) in [6, 6.07) is 5.80. The molecule has 0 amide bonds. The van der Waals surface area contributed by atoms with Crippen LogP contribution in [0.3, 0.4) is 0 Å². The Bertz CT molecular complexity index is 565. The molecule has 6 heteroatoms. The predicted octanol–water partition coefficient (Wildman–Crippen LogP) is 2.10. The highest BCUT2D eigenvalue weighted by Crippen LogP contribution is 2.28. The summed E-state index contributed by atoms with van der Waals surface area (Å²) in [5, 5.41) is 10.1. The van der Waals surface area contributed by atoms with Gasteiger partial charge in [-0.2, -0.15) is 0 Å². The average molecular weight is 351 g/mol. The molecule has 1 aromatic carbocycles. The number of hydrogen-bond donors (Lipinski definition) is 1. The van der Waals surface area contributed by atoms with Crippen molar-refractivity contribution in [3.63, 3.8) is 0 Å². The molecule has 3 rings (SSSR count). The number of amidine groups is 1. The maximum atomic E-state index is 10.1. The van der Waals surface area contributed by atoms with E-state index in [1.807, 2.05) is 18.2 Å². The van der Waals surface area contributed by atoms with E-state index in [1.165, 1.54) is 0 Å². The molecule has 0 spiro atoms. The number of halogens is 1. The zero-order valence-electron chi connectivity index (χ0n) is 11.9. The molecule has 0 atom stereocenters. The maximum absolute atomic E-state index is 10.1. The number of nitrogens with zero attached hydrogens (tertiary/aromatic N) is 4. The average Bonchev–Trinajstić information content (AvgIpc) is 2.53. The van der Waals surface area contributed by atoms with Gasteiger partial charge in [0.15, 0.2) is 0 Å². The molecule has 1 aromatic rings. The number of rotatable bonds is 2. The van der Waals surface area contributed by atoms with E-state index in [0.717, 1.165) is 61.6 Å². The predicted molar refractivity (Wildman–Crippen MR) is 88.1 cm³/mol. The van der Waals surface area contributed by atoms with Crippen LogP contribution in [-0.2, 0) is 6.54 Å². The first-order valence-corrected chi connectivity index (χ1v) is 8.02. The fraction of sp³-hybridized carbons (Fsp3) is 0.467. The highest BCUT2D eigenvalue weighted by molar-refractivity contribution is 9.10. The molecule has 0 bridgehead atoms. The quantitative estimate of drug-likeness (QED) is 0.888. The monoisotopic (exact) mass is 350 g/mol. The highest BCUT2D eigenvalue weighted by Gasteiger charge is 2.21. The van der Waals surface area contributed by atoms with Gasteiger partial charge in [0.05, 0.1) is 4.47 Å². The summed E-state index contributed by atoms with van der Waals surface area (Å²) in [5.41, 5.74) is 0.972. The number of phenols is 1. The van der Waals surface area contributed by atoms with Gasteiger partial charge < -0.3 is 10.0 Å². The van der Waals surface area contributed by atoms with E-state index >= 15 is 0 Å². The van der Waals surface area contributed by atoms with Crippen molar-refractivity contribution in [3.05, 3.63) is 28.2 Å². The molecule has 0 radical (unpaired) electrons. The Labute approximate surface area is 133 Å². The molecule has 112 valence electrons. The molecule has 5 nitrogen and oxygen atoms in total. The highest BCUT2D eigenvalue weighted by atomic mass is 79.9. The normalized spacial score (nSPS) is 19.7. The van der Waals surface area contributed by atoms with Crippen molar-refractivity contribution in [2.45, 2.75) is 13.0 Å². The molecule has 0 aliphatic carbocycles. The summed E-state index contributed by atoms with van der Waals surface area (Å²) in [7, 11) is 0. The number of aromatic hydroxyl groups is 1. The lowest BCUT2D eigenvalue weighted by Gasteiger charge is -2.36. The lowest BCUT2D eigenvalue weighted by molar-refractivity contribution is 0.172. The number of aliphatic imine (C=N–C) groups is 2. The Kier molecular flexibility index (Phi) is 4.55. The Morgan fingerprint density at radius 3 is 2.71 bits per heavy atom. The van der Waals surface area contributed by atoms with Crippen LogP contribution in [0.15, 0.2) is 32.7 Å². The van der Waals surface area contributed by atoms with Gasteiger partial charge >= 0.3 is 0 Å². The van der Waals surface area contributed by atoms with Crippen molar-refractivity contribution in [1.82, 2.24) is 9.80 Å². The van der Waals surface area contributed by atoms with Crippen LogP contribution in [0.25, 0.3) is 0 Å². The van der Waals surface area contributed by atoms with E-state index in [0.29, 0.717) is 5.75 Å². The number of hydrogen-bond acceptors (Lipinski definition) is 5. The van der Waals surface area contributed by atoms with Crippen LogP contribution in [-0.4, -0.2) is 59.8 Å². The molecule has 1 saturated heterocycles. The zero-order valence-corrected chi connectivity index (χ0v) is 13.5.